The Hall–Kier alpha value is -4.71. The number of carbonyl (C=O) groups excluding carboxylic acids is 3. The van der Waals surface area contributed by atoms with Crippen LogP contribution in [-0.4, -0.2) is 37.2 Å². The summed E-state index contributed by atoms with van der Waals surface area (Å²) in [5.41, 5.74) is 0. The fourth-order valence-electron chi connectivity index (χ4n) is 7.51. The highest BCUT2D eigenvalue weighted by atomic mass is 16.6. The van der Waals surface area contributed by atoms with Crippen LogP contribution in [-0.2, 0) is 28.6 Å². The zero-order chi connectivity index (χ0) is 52.9. The minimum absolute atomic E-state index is 0.108. The summed E-state index contributed by atoms with van der Waals surface area (Å²) in [5, 5.41) is 0. The second-order valence-electron chi connectivity index (χ2n) is 18.8. The number of esters is 3. The maximum atomic E-state index is 12.9. The Morgan fingerprint density at radius 2 is 0.534 bits per heavy atom. The molecule has 73 heavy (non-hydrogen) atoms. The minimum Gasteiger partial charge on any atom is -0.462 e. The van der Waals surface area contributed by atoms with Gasteiger partial charge in [0, 0.05) is 19.3 Å². The largest absolute Gasteiger partial charge is 0.462 e. The fourth-order valence-corrected chi connectivity index (χ4v) is 7.51. The van der Waals surface area contributed by atoms with Crippen molar-refractivity contribution in [3.05, 3.63) is 146 Å². The molecule has 410 valence electrons. The SMILES string of the molecule is CC/C=C\C/C=C\C/C=C\C/C=C\C/C=C\C/C=C\CCCCCCC(=O)OCC(COC(=O)CCCCCCCCCCCCC)OC(=O)CCCC/C=C\C/C=C\C/C=C\C/C=C\C/C=C\C/C=C\CC. The van der Waals surface area contributed by atoms with Gasteiger partial charge in [0.25, 0.3) is 0 Å². The molecule has 0 heterocycles. The van der Waals surface area contributed by atoms with Crippen LogP contribution in [0.15, 0.2) is 146 Å². The predicted molar refractivity (Wildman–Crippen MR) is 315 cm³/mol. The predicted octanol–water partition coefficient (Wildman–Crippen LogP) is 20.0. The summed E-state index contributed by atoms with van der Waals surface area (Å²) in [6, 6.07) is 0. The van der Waals surface area contributed by atoms with Crippen molar-refractivity contribution in [3.63, 3.8) is 0 Å². The van der Waals surface area contributed by atoms with Crippen LogP contribution in [0.5, 0.6) is 0 Å². The van der Waals surface area contributed by atoms with Gasteiger partial charge in [0.15, 0.2) is 6.10 Å². The third-order valence-electron chi connectivity index (χ3n) is 11.8. The first-order valence-electron chi connectivity index (χ1n) is 29.3. The van der Waals surface area contributed by atoms with Crippen molar-refractivity contribution in [2.75, 3.05) is 13.2 Å². The number of unbranched alkanes of at least 4 members (excludes halogenated alkanes) is 16. The van der Waals surface area contributed by atoms with Crippen LogP contribution in [0.3, 0.4) is 0 Å². The van der Waals surface area contributed by atoms with Gasteiger partial charge in [-0.15, -0.1) is 0 Å². The van der Waals surface area contributed by atoms with E-state index in [0.29, 0.717) is 19.3 Å². The van der Waals surface area contributed by atoms with Gasteiger partial charge >= 0.3 is 17.9 Å². The molecule has 6 nitrogen and oxygen atoms in total. The summed E-state index contributed by atoms with van der Waals surface area (Å²) in [6.45, 7) is 6.34. The first-order chi connectivity index (χ1) is 36.0. The van der Waals surface area contributed by atoms with E-state index in [1.54, 1.807) is 0 Å². The van der Waals surface area contributed by atoms with Crippen molar-refractivity contribution in [1.82, 2.24) is 0 Å². The van der Waals surface area contributed by atoms with E-state index in [4.69, 9.17) is 14.2 Å². The molecular formula is C67H106O6. The topological polar surface area (TPSA) is 78.9 Å². The van der Waals surface area contributed by atoms with Gasteiger partial charge in [0.2, 0.25) is 0 Å². The molecule has 0 saturated carbocycles. The summed E-state index contributed by atoms with van der Waals surface area (Å²) in [7, 11) is 0. The molecule has 0 radical (unpaired) electrons. The standard InChI is InChI=1S/C67H106O6/c1-4-7-10-13-16-19-22-24-26-28-30-32-33-35-36-38-40-42-45-48-51-54-57-60-66(69)72-63-64(62-71-65(68)59-56-53-50-47-44-21-18-15-12-9-6-3)73-67(70)61-58-55-52-49-46-43-41-39-37-34-31-29-27-25-23-20-17-14-11-8-5-2/h7-8,10-11,16-17,19-20,24-27,30-32,34-36,39-42,46,49,64H,4-6,9,12-15,18,21-23,28-29,33,37-38,43-45,47-48,50-63H2,1-3H3/b10-7-,11-8-,19-16-,20-17-,26-24-,27-25-,32-30-,34-31-,36-35-,41-39-,42-40-,49-46-. The lowest BCUT2D eigenvalue weighted by atomic mass is 10.1. The smallest absolute Gasteiger partial charge is 0.306 e. The molecule has 0 aromatic heterocycles. The summed E-state index contributed by atoms with van der Waals surface area (Å²) < 4.78 is 16.8. The monoisotopic (exact) mass is 1010 g/mol. The molecule has 0 fully saturated rings. The quantitative estimate of drug-likeness (QED) is 0.0261. The van der Waals surface area contributed by atoms with Crippen molar-refractivity contribution in [3.8, 4) is 0 Å². The van der Waals surface area contributed by atoms with E-state index in [1.165, 1.54) is 51.4 Å². The zero-order valence-corrected chi connectivity index (χ0v) is 46.8. The number of hydrogen-bond donors (Lipinski definition) is 0. The Morgan fingerprint density at radius 1 is 0.288 bits per heavy atom. The Balaban J connectivity index is 4.49. The van der Waals surface area contributed by atoms with Gasteiger partial charge in [-0.2, -0.15) is 0 Å². The van der Waals surface area contributed by atoms with Gasteiger partial charge < -0.3 is 14.2 Å². The molecular weight excluding hydrogens is 901 g/mol. The fraction of sp³-hybridized carbons (Fsp3) is 0.597. The summed E-state index contributed by atoms with van der Waals surface area (Å²) in [4.78, 5) is 38.1. The lowest BCUT2D eigenvalue weighted by Crippen LogP contribution is -2.30. The van der Waals surface area contributed by atoms with Crippen molar-refractivity contribution >= 4 is 17.9 Å². The maximum absolute atomic E-state index is 12.9. The summed E-state index contributed by atoms with van der Waals surface area (Å²) >= 11 is 0. The van der Waals surface area contributed by atoms with Crippen molar-refractivity contribution in [2.45, 2.75) is 245 Å². The Bertz CT molecular complexity index is 1630. The van der Waals surface area contributed by atoms with E-state index in [9.17, 15) is 14.4 Å². The molecule has 0 rings (SSSR count). The van der Waals surface area contributed by atoms with E-state index in [-0.39, 0.29) is 37.5 Å². The third kappa shape index (κ3) is 58.1. The van der Waals surface area contributed by atoms with Crippen LogP contribution in [0.25, 0.3) is 0 Å². The number of allylic oxidation sites excluding steroid dienone is 24. The Kier molecular flexibility index (Phi) is 56.0. The molecule has 0 spiro atoms. The van der Waals surface area contributed by atoms with E-state index in [2.05, 4.69) is 167 Å². The number of hydrogen-bond acceptors (Lipinski definition) is 6. The first kappa shape index (κ1) is 68.3. The highest BCUT2D eigenvalue weighted by molar-refractivity contribution is 5.71. The highest BCUT2D eigenvalue weighted by Gasteiger charge is 2.19. The van der Waals surface area contributed by atoms with E-state index < -0.39 is 6.10 Å². The molecule has 0 aromatic carbocycles. The van der Waals surface area contributed by atoms with Crippen LogP contribution in [0.4, 0.5) is 0 Å². The van der Waals surface area contributed by atoms with Gasteiger partial charge in [-0.25, -0.2) is 0 Å². The Morgan fingerprint density at radius 3 is 0.863 bits per heavy atom. The molecule has 0 aromatic rings. The van der Waals surface area contributed by atoms with E-state index in [1.807, 2.05) is 0 Å². The normalized spacial score (nSPS) is 13.2. The maximum Gasteiger partial charge on any atom is 0.306 e. The van der Waals surface area contributed by atoms with Crippen LogP contribution < -0.4 is 0 Å². The number of carbonyl (C=O) groups is 3. The first-order valence-corrected chi connectivity index (χ1v) is 29.3. The number of ether oxygens (including phenoxy) is 3. The average molecular weight is 1010 g/mol. The van der Waals surface area contributed by atoms with Gasteiger partial charge in [0.05, 0.1) is 0 Å². The van der Waals surface area contributed by atoms with E-state index in [0.717, 1.165) is 141 Å². The van der Waals surface area contributed by atoms with Gasteiger partial charge in [0.1, 0.15) is 13.2 Å². The van der Waals surface area contributed by atoms with Gasteiger partial charge in [-0.05, 0) is 122 Å². The van der Waals surface area contributed by atoms with Crippen molar-refractivity contribution in [2.24, 2.45) is 0 Å². The average Bonchev–Trinajstić information content (AvgIpc) is 3.39. The van der Waals surface area contributed by atoms with Crippen molar-refractivity contribution in [1.29, 1.82) is 0 Å². The van der Waals surface area contributed by atoms with Crippen LogP contribution in [0, 0.1) is 0 Å². The molecule has 0 aliphatic rings. The molecule has 0 N–H and O–H groups in total. The van der Waals surface area contributed by atoms with Gasteiger partial charge in [-0.3, -0.25) is 14.4 Å². The lowest BCUT2D eigenvalue weighted by Gasteiger charge is -2.18. The third-order valence-corrected chi connectivity index (χ3v) is 11.8. The Labute approximate surface area is 448 Å². The number of rotatable bonds is 51. The molecule has 1 unspecified atom stereocenters. The second-order valence-corrected chi connectivity index (χ2v) is 18.8. The minimum atomic E-state index is -0.817. The lowest BCUT2D eigenvalue weighted by molar-refractivity contribution is -0.167. The molecule has 6 heteroatoms. The molecule has 0 saturated heterocycles. The zero-order valence-electron chi connectivity index (χ0n) is 46.8. The van der Waals surface area contributed by atoms with Crippen LogP contribution in [0.2, 0.25) is 0 Å². The van der Waals surface area contributed by atoms with Crippen LogP contribution in [0.1, 0.15) is 239 Å². The van der Waals surface area contributed by atoms with Crippen molar-refractivity contribution < 1.29 is 28.6 Å². The molecule has 0 amide bonds. The molecule has 0 aliphatic heterocycles. The summed E-state index contributed by atoms with van der Waals surface area (Å²) in [5.74, 6) is -0.984. The van der Waals surface area contributed by atoms with E-state index >= 15 is 0 Å². The van der Waals surface area contributed by atoms with Crippen LogP contribution >= 0.6 is 0 Å². The molecule has 0 aliphatic carbocycles. The summed E-state index contributed by atoms with van der Waals surface area (Å²) in [6.07, 6.45) is 85.5. The molecule has 0 bridgehead atoms. The highest BCUT2D eigenvalue weighted by Crippen LogP contribution is 2.14. The molecule has 1 atom stereocenters. The second kappa shape index (κ2) is 59.8. The van der Waals surface area contributed by atoms with Gasteiger partial charge in [-0.1, -0.05) is 244 Å².